The van der Waals surface area contributed by atoms with Crippen molar-refractivity contribution in [3.8, 4) is 22.4 Å². The van der Waals surface area contributed by atoms with Gasteiger partial charge in [-0.05, 0) is 25.3 Å². The average Bonchev–Trinajstić information content (AvgIpc) is 3.37. The van der Waals surface area contributed by atoms with E-state index in [0.29, 0.717) is 0 Å². The molecule has 2 aromatic heterocycles. The van der Waals surface area contributed by atoms with Crippen molar-refractivity contribution in [3.05, 3.63) is 72.4 Å². The highest BCUT2D eigenvalue weighted by atomic mass is 16.3. The molecule has 0 unspecified atom stereocenters. The molecule has 0 radical (unpaired) electrons. The second kappa shape index (κ2) is 7.33. The molecule has 3 heterocycles. The van der Waals surface area contributed by atoms with Gasteiger partial charge in [-0.2, -0.15) is 5.10 Å². The van der Waals surface area contributed by atoms with E-state index >= 15 is 0 Å². The average molecular weight is 384 g/mol. The number of aryl methyl sites for hydroxylation is 1. The molecule has 1 atom stereocenters. The van der Waals surface area contributed by atoms with Gasteiger partial charge in [0, 0.05) is 23.7 Å². The maximum atomic E-state index is 9.85. The zero-order valence-corrected chi connectivity index (χ0v) is 16.5. The second-order valence-electron chi connectivity index (χ2n) is 7.60. The Morgan fingerprint density at radius 2 is 1.69 bits per heavy atom. The van der Waals surface area contributed by atoms with Gasteiger partial charge in [-0.15, -0.1) is 0 Å². The first-order valence-corrected chi connectivity index (χ1v) is 10.1. The van der Waals surface area contributed by atoms with Crippen molar-refractivity contribution >= 4 is 11.5 Å². The number of benzene rings is 2. The van der Waals surface area contributed by atoms with Gasteiger partial charge in [0.2, 0.25) is 0 Å². The molecule has 5 nitrogen and oxygen atoms in total. The Bertz CT molecular complexity index is 1140. The maximum Gasteiger partial charge on any atom is 0.166 e. The molecule has 29 heavy (non-hydrogen) atoms. The van der Waals surface area contributed by atoms with E-state index in [9.17, 15) is 5.11 Å². The van der Waals surface area contributed by atoms with Crippen molar-refractivity contribution in [3.63, 3.8) is 0 Å². The summed E-state index contributed by atoms with van der Waals surface area (Å²) in [6.07, 6.45) is 2.07. The van der Waals surface area contributed by atoms with Gasteiger partial charge in [0.05, 0.1) is 24.0 Å². The summed E-state index contributed by atoms with van der Waals surface area (Å²) in [5, 5.41) is 14.7. The summed E-state index contributed by atoms with van der Waals surface area (Å²) in [5.41, 5.74) is 6.10. The summed E-state index contributed by atoms with van der Waals surface area (Å²) >= 11 is 0. The van der Waals surface area contributed by atoms with Gasteiger partial charge in [-0.1, -0.05) is 60.7 Å². The minimum absolute atomic E-state index is 0.123. The molecule has 1 fully saturated rings. The lowest BCUT2D eigenvalue weighted by molar-refractivity contribution is 0.266. The van der Waals surface area contributed by atoms with E-state index in [1.54, 1.807) is 0 Å². The zero-order valence-electron chi connectivity index (χ0n) is 16.5. The van der Waals surface area contributed by atoms with Gasteiger partial charge in [0.15, 0.2) is 5.65 Å². The number of aliphatic hydroxyl groups excluding tert-OH is 1. The van der Waals surface area contributed by atoms with E-state index in [1.807, 2.05) is 47.8 Å². The van der Waals surface area contributed by atoms with Crippen molar-refractivity contribution in [1.29, 1.82) is 0 Å². The van der Waals surface area contributed by atoms with Crippen LogP contribution in [0.15, 0.2) is 66.7 Å². The Balaban J connectivity index is 1.79. The number of anilines is 1. The Morgan fingerprint density at radius 1 is 1.00 bits per heavy atom. The first kappa shape index (κ1) is 17.9. The molecule has 1 aliphatic rings. The highest BCUT2D eigenvalue weighted by Gasteiger charge is 2.27. The summed E-state index contributed by atoms with van der Waals surface area (Å²) in [4.78, 5) is 7.29. The molecule has 1 saturated heterocycles. The molecule has 4 aromatic rings. The van der Waals surface area contributed by atoms with Crippen LogP contribution < -0.4 is 4.90 Å². The maximum absolute atomic E-state index is 9.85. The van der Waals surface area contributed by atoms with Crippen molar-refractivity contribution < 1.29 is 5.11 Å². The lowest BCUT2D eigenvalue weighted by Gasteiger charge is -2.25. The third-order valence-corrected chi connectivity index (χ3v) is 5.76. The largest absolute Gasteiger partial charge is 0.394 e. The fraction of sp³-hybridized carbons (Fsp3) is 0.250. The Morgan fingerprint density at radius 3 is 2.38 bits per heavy atom. The van der Waals surface area contributed by atoms with Crippen molar-refractivity contribution in [2.45, 2.75) is 25.8 Å². The van der Waals surface area contributed by atoms with E-state index in [0.717, 1.165) is 58.9 Å². The van der Waals surface area contributed by atoms with Crippen LogP contribution in [-0.4, -0.2) is 38.9 Å². The number of aromatic nitrogens is 3. The van der Waals surface area contributed by atoms with E-state index in [-0.39, 0.29) is 12.6 Å². The van der Waals surface area contributed by atoms with Crippen LogP contribution in [-0.2, 0) is 0 Å². The van der Waals surface area contributed by atoms with Crippen LogP contribution in [0.1, 0.15) is 18.5 Å². The molecule has 5 heteroatoms. The summed E-state index contributed by atoms with van der Waals surface area (Å²) in [6, 6.07) is 22.9. The van der Waals surface area contributed by atoms with E-state index in [4.69, 9.17) is 10.1 Å². The fourth-order valence-electron chi connectivity index (χ4n) is 4.34. The minimum atomic E-state index is 0.123. The molecule has 0 aliphatic carbocycles. The van der Waals surface area contributed by atoms with E-state index in [2.05, 4.69) is 35.2 Å². The van der Waals surface area contributed by atoms with Gasteiger partial charge in [-0.25, -0.2) is 9.50 Å². The molecule has 0 saturated carbocycles. The van der Waals surface area contributed by atoms with Gasteiger partial charge < -0.3 is 10.0 Å². The molecule has 2 aromatic carbocycles. The zero-order chi connectivity index (χ0) is 19.8. The van der Waals surface area contributed by atoms with Crippen LogP contribution in [0.3, 0.4) is 0 Å². The Labute approximate surface area is 170 Å². The topological polar surface area (TPSA) is 53.7 Å². The smallest absolute Gasteiger partial charge is 0.166 e. The quantitative estimate of drug-likeness (QED) is 0.569. The molecule has 1 N–H and O–H groups in total. The van der Waals surface area contributed by atoms with Crippen LogP contribution in [0.4, 0.5) is 5.82 Å². The third-order valence-electron chi connectivity index (χ3n) is 5.76. The highest BCUT2D eigenvalue weighted by Crippen LogP contribution is 2.34. The highest BCUT2D eigenvalue weighted by molar-refractivity contribution is 5.83. The summed E-state index contributed by atoms with van der Waals surface area (Å²) in [6.45, 7) is 3.10. The molecular weight excluding hydrogens is 360 g/mol. The van der Waals surface area contributed by atoms with Crippen LogP contribution in [0.25, 0.3) is 28.0 Å². The van der Waals surface area contributed by atoms with Crippen LogP contribution in [0.5, 0.6) is 0 Å². The summed E-state index contributed by atoms with van der Waals surface area (Å²) < 4.78 is 1.96. The Kier molecular flexibility index (Phi) is 4.52. The molecule has 0 bridgehead atoms. The SMILES string of the molecule is Cc1nn2c(-c3ccccc3)cc(N3CCC[C@H]3CO)nc2c1-c1ccccc1. The molecule has 5 rings (SSSR count). The predicted molar refractivity (Wildman–Crippen MR) is 116 cm³/mol. The van der Waals surface area contributed by atoms with Crippen molar-refractivity contribution in [2.24, 2.45) is 0 Å². The number of rotatable bonds is 4. The number of fused-ring (bicyclic) bond motifs is 1. The second-order valence-corrected chi connectivity index (χ2v) is 7.60. The van der Waals surface area contributed by atoms with Crippen LogP contribution in [0.2, 0.25) is 0 Å². The molecule has 0 amide bonds. The minimum Gasteiger partial charge on any atom is -0.394 e. The van der Waals surface area contributed by atoms with Crippen LogP contribution >= 0.6 is 0 Å². The normalized spacial score (nSPS) is 16.6. The van der Waals surface area contributed by atoms with Crippen molar-refractivity contribution in [2.75, 3.05) is 18.1 Å². The first-order chi connectivity index (χ1) is 14.3. The predicted octanol–water partition coefficient (Wildman–Crippen LogP) is 4.33. The third kappa shape index (κ3) is 3.08. The van der Waals surface area contributed by atoms with Crippen molar-refractivity contribution in [1.82, 2.24) is 14.6 Å². The first-order valence-electron chi connectivity index (χ1n) is 10.1. The Hall–Kier alpha value is -3.18. The van der Waals surface area contributed by atoms with Gasteiger partial charge in [-0.3, -0.25) is 0 Å². The van der Waals surface area contributed by atoms with Gasteiger partial charge in [0.1, 0.15) is 5.82 Å². The number of aliphatic hydroxyl groups is 1. The monoisotopic (exact) mass is 384 g/mol. The number of nitrogens with zero attached hydrogens (tertiary/aromatic N) is 4. The lowest BCUT2D eigenvalue weighted by atomic mass is 10.1. The summed E-state index contributed by atoms with van der Waals surface area (Å²) in [7, 11) is 0. The molecule has 1 aliphatic heterocycles. The van der Waals surface area contributed by atoms with E-state index < -0.39 is 0 Å². The number of hydrogen-bond acceptors (Lipinski definition) is 4. The molecule has 146 valence electrons. The molecular formula is C24H24N4O. The molecule has 0 spiro atoms. The number of hydrogen-bond donors (Lipinski definition) is 1. The summed E-state index contributed by atoms with van der Waals surface area (Å²) in [5.74, 6) is 0.907. The fourth-order valence-corrected chi connectivity index (χ4v) is 4.34. The van der Waals surface area contributed by atoms with Gasteiger partial charge >= 0.3 is 0 Å². The van der Waals surface area contributed by atoms with Gasteiger partial charge in [0.25, 0.3) is 0 Å². The lowest BCUT2D eigenvalue weighted by Crippen LogP contribution is -2.32. The van der Waals surface area contributed by atoms with E-state index in [1.165, 1.54) is 0 Å². The standard InChI is InChI=1S/C24H24N4O/c1-17-23(19-11-6-3-7-12-19)24-25-22(27-14-8-13-20(27)16-29)15-21(28(24)26-17)18-9-4-2-5-10-18/h2-7,9-12,15,20,29H,8,13-14,16H2,1H3/t20-/m0/s1. The van der Waals surface area contributed by atoms with Crippen LogP contribution in [0, 0.1) is 6.92 Å².